The van der Waals surface area contributed by atoms with Crippen LogP contribution in [0.15, 0.2) is 0 Å². The Balaban J connectivity index is 2.41. The number of hydrogen-bond acceptors (Lipinski definition) is 25. The quantitative estimate of drug-likeness (QED) is 0.0884. The second-order valence-electron chi connectivity index (χ2n) is 14.7. The van der Waals surface area contributed by atoms with Crippen molar-refractivity contribution in [2.24, 2.45) is 5.73 Å². The molecule has 3 fully saturated rings. The molecule has 0 amide bonds. The third-order valence-electron chi connectivity index (χ3n) is 9.11. The van der Waals surface area contributed by atoms with Crippen LogP contribution in [0.1, 0.15) is 69.2 Å². The number of ether oxygens (including phenoxy) is 15. The zero-order valence-electron chi connectivity index (χ0n) is 37.2. The number of nitrogens with two attached hydrogens (primary N) is 1. The Labute approximate surface area is 392 Å². The van der Waals surface area contributed by atoms with E-state index in [1.807, 2.05) is 0 Å². The van der Waals surface area contributed by atoms with E-state index in [0.717, 1.165) is 62.3 Å². The van der Waals surface area contributed by atoms with Gasteiger partial charge in [-0.25, -0.2) is 0 Å². The topological polar surface area (TPSA) is 318 Å². The molecule has 374 valence electrons. The van der Waals surface area contributed by atoms with E-state index in [1.165, 1.54) is 6.92 Å². The van der Waals surface area contributed by atoms with E-state index in [-0.39, 0.29) is 0 Å². The van der Waals surface area contributed by atoms with Crippen molar-refractivity contribution in [1.29, 1.82) is 0 Å². The van der Waals surface area contributed by atoms with Crippen LogP contribution in [0.4, 0.5) is 0 Å². The van der Waals surface area contributed by atoms with E-state index in [1.54, 1.807) is 0 Å². The zero-order chi connectivity index (χ0) is 50.0. The average molecular weight is 1010 g/mol. The maximum Gasteiger partial charge on any atom is 0.303 e. The molecule has 3 heterocycles. The van der Waals surface area contributed by atoms with Crippen LogP contribution < -0.4 is 5.73 Å². The first-order chi connectivity index (χ1) is 30.6. The van der Waals surface area contributed by atoms with Crippen molar-refractivity contribution in [3.63, 3.8) is 0 Å². The molecule has 0 spiro atoms. The molecule has 3 saturated heterocycles. The Morgan fingerprint density at radius 2 is 0.758 bits per heavy atom. The van der Waals surface area contributed by atoms with Crippen molar-refractivity contribution in [1.82, 2.24) is 0 Å². The SMILES string of the molecule is CC(=O)OC[C@H]1O[C@H](O[C@H]2[C@@H](OC(C)=O)[C@@H](COC(C)=O)OC(OC(N)C(Cl)(Cl)Cl)[C@@H]2O[C@H]2O[C@@H](C)[C@@H](OC(C)=O)[C@@H](OC(C)=O)[C@@H]2OC(C)=O)[C@H](OC(C)=O)[C@@H](OC(C)=O)[C@H]1OC(C)=O. The van der Waals surface area contributed by atoms with Gasteiger partial charge in [-0.1, -0.05) is 34.8 Å². The van der Waals surface area contributed by atoms with Gasteiger partial charge in [0.05, 0.1) is 6.10 Å². The van der Waals surface area contributed by atoms with Crippen molar-refractivity contribution < 1.29 is 114 Å². The molecule has 3 aliphatic heterocycles. The molecule has 0 aromatic heterocycles. The van der Waals surface area contributed by atoms with Gasteiger partial charge in [0.25, 0.3) is 0 Å². The molecule has 28 heteroatoms. The second-order valence-corrected chi connectivity index (χ2v) is 17.1. The number of carbonyl (C=O) groups is 9. The fourth-order valence-corrected chi connectivity index (χ4v) is 7.02. The Kier molecular flexibility index (Phi) is 21.0. The molecule has 16 atom stereocenters. The first-order valence-corrected chi connectivity index (χ1v) is 20.9. The Bertz CT molecular complexity index is 1780. The highest BCUT2D eigenvalue weighted by atomic mass is 35.6. The highest BCUT2D eigenvalue weighted by Crippen LogP contribution is 2.40. The lowest BCUT2D eigenvalue weighted by Crippen LogP contribution is -2.69. The monoisotopic (exact) mass is 1010 g/mol. The van der Waals surface area contributed by atoms with Crippen LogP contribution >= 0.6 is 34.8 Å². The lowest BCUT2D eigenvalue weighted by atomic mass is 9.95. The predicted molar refractivity (Wildman–Crippen MR) is 213 cm³/mol. The molecular formula is C38H52Cl3NO24. The van der Waals surface area contributed by atoms with Crippen molar-refractivity contribution in [3.05, 3.63) is 0 Å². The maximum absolute atomic E-state index is 12.9. The molecule has 25 nitrogen and oxygen atoms in total. The lowest BCUT2D eigenvalue weighted by Gasteiger charge is -2.51. The summed E-state index contributed by atoms with van der Waals surface area (Å²) in [6, 6.07) is 0. The number of rotatable bonds is 17. The van der Waals surface area contributed by atoms with Crippen LogP contribution in [0, 0.1) is 0 Å². The molecule has 0 aromatic carbocycles. The summed E-state index contributed by atoms with van der Waals surface area (Å²) in [4.78, 5) is 112. The van der Waals surface area contributed by atoms with Crippen molar-refractivity contribution in [2.75, 3.05) is 13.2 Å². The molecule has 0 saturated carbocycles. The first kappa shape index (κ1) is 56.1. The van der Waals surface area contributed by atoms with Gasteiger partial charge in [-0.3, -0.25) is 43.2 Å². The Morgan fingerprint density at radius 1 is 0.439 bits per heavy atom. The third-order valence-corrected chi connectivity index (χ3v) is 9.76. The van der Waals surface area contributed by atoms with Gasteiger partial charge in [0.15, 0.2) is 67.8 Å². The molecule has 2 N–H and O–H groups in total. The van der Waals surface area contributed by atoms with Crippen molar-refractivity contribution >= 4 is 88.5 Å². The first-order valence-electron chi connectivity index (χ1n) is 19.8. The number of esters is 9. The van der Waals surface area contributed by atoms with E-state index in [0.29, 0.717) is 0 Å². The van der Waals surface area contributed by atoms with Crippen LogP contribution in [0.2, 0.25) is 0 Å². The van der Waals surface area contributed by atoms with E-state index < -0.39 is 169 Å². The van der Waals surface area contributed by atoms with E-state index >= 15 is 0 Å². The molecule has 66 heavy (non-hydrogen) atoms. The zero-order valence-corrected chi connectivity index (χ0v) is 39.4. The van der Waals surface area contributed by atoms with Gasteiger partial charge in [0.2, 0.25) is 3.79 Å². The van der Waals surface area contributed by atoms with Crippen LogP contribution in [0.25, 0.3) is 0 Å². The van der Waals surface area contributed by atoms with Crippen LogP contribution in [-0.4, -0.2) is 169 Å². The molecule has 3 aliphatic rings. The standard InChI is InChI=1S/C38H52Cl3NO24/c1-13-25(55-16(4)45)28(58-19(7)48)31(60-21(9)50)34(54-13)65-33-30(27(57-18(6)47)24(12-53-15(3)44)63-36(33)66-37(42)38(39,40)41)64-35-32(61-22(10)51)29(59-20(8)49)26(56-17(5)46)23(62-35)11-52-14(2)43/h13,23-37H,11-12,42H2,1-10H3/t13-,23+,24+,25+,26-,27-,28+,29-,30-,31-,32+,33+,34+,35+,36?,37?/m0/s1. The Hall–Kier alpha value is -4.18. The molecule has 0 aliphatic carbocycles. The largest absolute Gasteiger partial charge is 0.463 e. The number of halogens is 3. The summed E-state index contributed by atoms with van der Waals surface area (Å²) in [6.07, 6.45) is -28.6. The van der Waals surface area contributed by atoms with E-state index in [4.69, 9.17) is 112 Å². The van der Waals surface area contributed by atoms with Crippen molar-refractivity contribution in [2.45, 2.75) is 171 Å². The minimum absolute atomic E-state index is 0.712. The fourth-order valence-electron chi connectivity index (χ4n) is 6.86. The fraction of sp³-hybridized carbons (Fsp3) is 0.763. The van der Waals surface area contributed by atoms with Crippen LogP contribution in [0.5, 0.6) is 0 Å². The third kappa shape index (κ3) is 16.6. The summed E-state index contributed by atoms with van der Waals surface area (Å²) in [5, 5.41) is 0. The number of carbonyl (C=O) groups excluding carboxylic acids is 9. The summed E-state index contributed by atoms with van der Waals surface area (Å²) in [5.41, 5.74) is 6.13. The van der Waals surface area contributed by atoms with Gasteiger partial charge >= 0.3 is 53.7 Å². The summed E-state index contributed by atoms with van der Waals surface area (Å²) in [7, 11) is 0. The van der Waals surface area contributed by atoms with Gasteiger partial charge in [0, 0.05) is 62.3 Å². The molecular weight excluding hydrogens is 961 g/mol. The van der Waals surface area contributed by atoms with Crippen molar-refractivity contribution in [3.8, 4) is 0 Å². The van der Waals surface area contributed by atoms with Gasteiger partial charge in [0.1, 0.15) is 37.6 Å². The van der Waals surface area contributed by atoms with Crippen LogP contribution in [-0.2, 0) is 114 Å². The average Bonchev–Trinajstić information content (AvgIpc) is 3.15. The highest BCUT2D eigenvalue weighted by Gasteiger charge is 2.60. The van der Waals surface area contributed by atoms with Gasteiger partial charge in [-0.15, -0.1) is 0 Å². The molecule has 0 radical (unpaired) electrons. The summed E-state index contributed by atoms with van der Waals surface area (Å²) >= 11 is 18.3. The minimum atomic E-state index is -2.43. The smallest absolute Gasteiger partial charge is 0.303 e. The molecule has 0 aromatic rings. The number of alkyl halides is 3. The van der Waals surface area contributed by atoms with Gasteiger partial charge < -0.3 is 76.8 Å². The van der Waals surface area contributed by atoms with Crippen LogP contribution in [0.3, 0.4) is 0 Å². The number of hydrogen-bond donors (Lipinski definition) is 1. The minimum Gasteiger partial charge on any atom is -0.463 e. The molecule has 0 bridgehead atoms. The predicted octanol–water partition coefficient (Wildman–Crippen LogP) is 0.271. The summed E-state index contributed by atoms with van der Waals surface area (Å²) in [6.45, 7) is 8.90. The molecule has 3 rings (SSSR count). The van der Waals surface area contributed by atoms with E-state index in [9.17, 15) is 43.2 Å². The van der Waals surface area contributed by atoms with Gasteiger partial charge in [-0.2, -0.15) is 0 Å². The highest BCUT2D eigenvalue weighted by molar-refractivity contribution is 6.68. The molecule has 2 unspecified atom stereocenters. The Morgan fingerprint density at radius 3 is 1.15 bits per heavy atom. The van der Waals surface area contributed by atoms with Gasteiger partial charge in [-0.05, 0) is 6.92 Å². The lowest BCUT2D eigenvalue weighted by molar-refractivity contribution is -0.393. The second kappa shape index (κ2) is 24.7. The van der Waals surface area contributed by atoms with E-state index in [2.05, 4.69) is 0 Å². The summed E-state index contributed by atoms with van der Waals surface area (Å²) < 4.78 is 83.9. The maximum atomic E-state index is 12.9. The summed E-state index contributed by atoms with van der Waals surface area (Å²) in [5.74, 6) is -8.52. The normalized spacial score (nSPS) is 32.5.